The van der Waals surface area contributed by atoms with Gasteiger partial charge in [0.1, 0.15) is 0 Å². The van der Waals surface area contributed by atoms with Crippen LogP contribution in [0.3, 0.4) is 0 Å². The number of nitriles is 1. The van der Waals surface area contributed by atoms with Gasteiger partial charge in [-0.3, -0.25) is 9.36 Å². The first kappa shape index (κ1) is 18.9. The lowest BCUT2D eigenvalue weighted by atomic mass is 10.1. The number of likely N-dealkylation sites (tertiary alicyclic amines) is 1. The van der Waals surface area contributed by atoms with Crippen LogP contribution >= 0.6 is 11.8 Å². The first-order valence-electron chi connectivity index (χ1n) is 9.51. The normalized spacial score (nSPS) is 15.2. The zero-order valence-electron chi connectivity index (χ0n) is 15.2. The lowest BCUT2D eigenvalue weighted by Crippen LogP contribution is -2.35. The minimum Gasteiger partial charge on any atom is -0.302 e. The van der Waals surface area contributed by atoms with Crippen molar-refractivity contribution in [2.45, 2.75) is 50.2 Å². The molecular formula is C20H26N4OS. The molecule has 1 aromatic carbocycles. The van der Waals surface area contributed by atoms with E-state index in [0.717, 1.165) is 48.9 Å². The molecule has 0 aliphatic carbocycles. The zero-order valence-corrected chi connectivity index (χ0v) is 16.0. The van der Waals surface area contributed by atoms with Crippen LogP contribution in [0.2, 0.25) is 0 Å². The Morgan fingerprint density at radius 2 is 1.92 bits per heavy atom. The van der Waals surface area contributed by atoms with Crippen LogP contribution in [0.4, 0.5) is 0 Å². The van der Waals surface area contributed by atoms with Crippen molar-refractivity contribution in [2.75, 3.05) is 25.4 Å². The third-order valence-corrected chi connectivity index (χ3v) is 5.89. The van der Waals surface area contributed by atoms with Crippen molar-refractivity contribution in [3.63, 3.8) is 0 Å². The smallest absolute Gasteiger partial charge is 0.262 e. The van der Waals surface area contributed by atoms with Crippen molar-refractivity contribution in [1.29, 1.82) is 5.26 Å². The molecule has 1 saturated heterocycles. The lowest BCUT2D eigenvalue weighted by Gasteiger charge is -2.27. The van der Waals surface area contributed by atoms with Crippen LogP contribution in [0.25, 0.3) is 10.9 Å². The maximum atomic E-state index is 13.0. The third kappa shape index (κ3) is 4.87. The van der Waals surface area contributed by atoms with Crippen LogP contribution in [-0.4, -0.2) is 39.8 Å². The van der Waals surface area contributed by atoms with Crippen LogP contribution < -0.4 is 5.56 Å². The van der Waals surface area contributed by atoms with Crippen molar-refractivity contribution in [3.8, 4) is 6.07 Å². The summed E-state index contributed by atoms with van der Waals surface area (Å²) in [7, 11) is 0. The molecule has 0 N–H and O–H groups in total. The molecule has 26 heavy (non-hydrogen) atoms. The Bertz CT molecular complexity index is 821. The molecule has 0 atom stereocenters. The van der Waals surface area contributed by atoms with Gasteiger partial charge in [0.15, 0.2) is 5.16 Å². The van der Waals surface area contributed by atoms with E-state index in [4.69, 9.17) is 10.2 Å². The van der Waals surface area contributed by atoms with Crippen LogP contribution in [0.1, 0.15) is 38.5 Å². The lowest BCUT2D eigenvalue weighted by molar-refractivity contribution is 0.217. The summed E-state index contributed by atoms with van der Waals surface area (Å²) in [6.45, 7) is 3.86. The van der Waals surface area contributed by atoms with Crippen molar-refractivity contribution >= 4 is 22.7 Å². The number of rotatable bonds is 8. The molecule has 3 rings (SSSR count). The second-order valence-corrected chi connectivity index (χ2v) is 7.80. The second-order valence-electron chi connectivity index (χ2n) is 6.73. The number of thioether (sulfide) groups is 1. The quantitative estimate of drug-likeness (QED) is 0.403. The maximum absolute atomic E-state index is 13.0. The number of para-hydroxylation sites is 1. The average Bonchev–Trinajstić information content (AvgIpc) is 2.68. The highest BCUT2D eigenvalue weighted by atomic mass is 32.2. The molecule has 0 spiro atoms. The largest absolute Gasteiger partial charge is 0.302 e. The number of unbranched alkanes of at least 4 members (excludes halogenated alkanes) is 2. The Labute approximate surface area is 159 Å². The Morgan fingerprint density at radius 1 is 1.12 bits per heavy atom. The van der Waals surface area contributed by atoms with Gasteiger partial charge in [-0.2, -0.15) is 5.26 Å². The molecule has 0 saturated carbocycles. The van der Waals surface area contributed by atoms with Crippen molar-refractivity contribution in [1.82, 2.24) is 14.5 Å². The fraction of sp³-hybridized carbons (Fsp3) is 0.550. The molecule has 1 aliphatic rings. The third-order valence-electron chi connectivity index (χ3n) is 4.83. The number of piperidine rings is 1. The summed E-state index contributed by atoms with van der Waals surface area (Å²) in [6, 6.07) is 9.78. The van der Waals surface area contributed by atoms with Gasteiger partial charge in [-0.15, -0.1) is 0 Å². The molecule has 2 aromatic rings. The summed E-state index contributed by atoms with van der Waals surface area (Å²) in [5.41, 5.74) is 0.832. The summed E-state index contributed by atoms with van der Waals surface area (Å²) >= 11 is 1.64. The molecule has 0 amide bonds. The molecule has 1 aromatic heterocycles. The Hall–Kier alpha value is -1.84. The van der Waals surface area contributed by atoms with E-state index in [1.165, 1.54) is 19.3 Å². The van der Waals surface area contributed by atoms with E-state index < -0.39 is 0 Å². The SMILES string of the molecule is N#CCCCCSc1nc2ccccc2c(=O)n1CCN1CCCCC1. The summed E-state index contributed by atoms with van der Waals surface area (Å²) in [5.74, 6) is 0.885. The average molecular weight is 371 g/mol. The van der Waals surface area contributed by atoms with Crippen molar-refractivity contribution in [2.24, 2.45) is 0 Å². The number of benzene rings is 1. The molecular weight excluding hydrogens is 344 g/mol. The van der Waals surface area contributed by atoms with Gasteiger partial charge in [0.25, 0.3) is 5.56 Å². The molecule has 1 fully saturated rings. The van der Waals surface area contributed by atoms with Gasteiger partial charge in [0.2, 0.25) is 0 Å². The number of hydrogen-bond donors (Lipinski definition) is 0. The highest BCUT2D eigenvalue weighted by molar-refractivity contribution is 7.99. The fourth-order valence-electron chi connectivity index (χ4n) is 3.35. The molecule has 0 radical (unpaired) electrons. The Balaban J connectivity index is 1.77. The number of nitrogens with zero attached hydrogens (tertiary/aromatic N) is 4. The number of hydrogen-bond acceptors (Lipinski definition) is 5. The van der Waals surface area contributed by atoms with E-state index in [0.29, 0.717) is 18.4 Å². The first-order chi connectivity index (χ1) is 12.8. The predicted molar refractivity (Wildman–Crippen MR) is 106 cm³/mol. The monoisotopic (exact) mass is 370 g/mol. The van der Waals surface area contributed by atoms with E-state index in [-0.39, 0.29) is 5.56 Å². The molecule has 6 heteroatoms. The molecule has 2 heterocycles. The summed E-state index contributed by atoms with van der Waals surface area (Å²) in [6.07, 6.45) is 6.28. The predicted octanol–water partition coefficient (Wildman–Crippen LogP) is 3.67. The molecule has 0 unspecified atom stereocenters. The molecule has 1 aliphatic heterocycles. The van der Waals surface area contributed by atoms with Crippen LogP contribution in [0.5, 0.6) is 0 Å². The molecule has 138 valence electrons. The highest BCUT2D eigenvalue weighted by Crippen LogP contribution is 2.20. The van der Waals surface area contributed by atoms with Crippen LogP contribution in [0.15, 0.2) is 34.2 Å². The minimum absolute atomic E-state index is 0.0622. The van der Waals surface area contributed by atoms with Gasteiger partial charge in [0, 0.05) is 25.3 Å². The zero-order chi connectivity index (χ0) is 18.2. The van der Waals surface area contributed by atoms with E-state index in [1.807, 2.05) is 28.8 Å². The summed E-state index contributed by atoms with van der Waals surface area (Å²) in [4.78, 5) is 20.2. The van der Waals surface area contributed by atoms with Gasteiger partial charge in [0.05, 0.1) is 17.0 Å². The second kappa shape index (κ2) is 9.75. The Kier molecular flexibility index (Phi) is 7.10. The van der Waals surface area contributed by atoms with E-state index >= 15 is 0 Å². The van der Waals surface area contributed by atoms with Gasteiger partial charge in [-0.25, -0.2) is 4.98 Å². The van der Waals surface area contributed by atoms with E-state index in [2.05, 4.69) is 11.0 Å². The number of aromatic nitrogens is 2. The maximum Gasteiger partial charge on any atom is 0.262 e. The van der Waals surface area contributed by atoms with E-state index in [1.54, 1.807) is 11.8 Å². The standard InChI is InChI=1S/C20H26N4OS/c21-11-5-1-8-16-26-20-22-18-10-4-3-9-17(18)19(25)24(20)15-14-23-12-6-2-7-13-23/h3-4,9-10H,1-2,5-8,12-16H2. The van der Waals surface area contributed by atoms with Gasteiger partial charge < -0.3 is 4.90 Å². The number of fused-ring (bicyclic) bond motifs is 1. The van der Waals surface area contributed by atoms with E-state index in [9.17, 15) is 4.79 Å². The van der Waals surface area contributed by atoms with Crippen LogP contribution in [-0.2, 0) is 6.54 Å². The first-order valence-corrected chi connectivity index (χ1v) is 10.5. The van der Waals surface area contributed by atoms with Gasteiger partial charge >= 0.3 is 0 Å². The summed E-state index contributed by atoms with van der Waals surface area (Å²) < 4.78 is 1.85. The molecule has 0 bridgehead atoms. The van der Waals surface area contributed by atoms with Gasteiger partial charge in [-0.1, -0.05) is 30.3 Å². The highest BCUT2D eigenvalue weighted by Gasteiger charge is 2.14. The molecule has 5 nitrogen and oxygen atoms in total. The van der Waals surface area contributed by atoms with Crippen molar-refractivity contribution in [3.05, 3.63) is 34.6 Å². The Morgan fingerprint density at radius 3 is 2.73 bits per heavy atom. The minimum atomic E-state index is 0.0622. The topological polar surface area (TPSA) is 61.9 Å². The van der Waals surface area contributed by atoms with Gasteiger partial charge in [-0.05, 0) is 50.9 Å². The summed E-state index contributed by atoms with van der Waals surface area (Å²) in [5, 5.41) is 10.2. The fourth-order valence-corrected chi connectivity index (χ4v) is 4.37. The van der Waals surface area contributed by atoms with Crippen molar-refractivity contribution < 1.29 is 0 Å². The van der Waals surface area contributed by atoms with Crippen LogP contribution in [0, 0.1) is 11.3 Å².